The molecule has 0 fully saturated rings. The Balaban J connectivity index is 3.16. The summed E-state index contributed by atoms with van der Waals surface area (Å²) in [4.78, 5) is 3.91. The van der Waals surface area contributed by atoms with E-state index in [1.807, 2.05) is 0 Å². The maximum atomic E-state index is 5.61. The van der Waals surface area contributed by atoms with Crippen molar-refractivity contribution < 1.29 is 0 Å². The first-order valence-electron chi connectivity index (χ1n) is 2.78. The predicted octanol–water partition coefficient (Wildman–Crippen LogP) is 1.96. The number of aromatic nitrogens is 1. The zero-order valence-electron chi connectivity index (χ0n) is 5.34. The lowest BCUT2D eigenvalue weighted by molar-refractivity contribution is 1.30. The summed E-state index contributed by atoms with van der Waals surface area (Å²) in [5, 5.41) is 0.331. The third-order valence-electron chi connectivity index (χ3n) is 1.11. The quantitative estimate of drug-likeness (QED) is 0.628. The van der Waals surface area contributed by atoms with Gasteiger partial charge in [-0.3, -0.25) is 0 Å². The normalized spacial score (nSPS) is 9.30. The van der Waals surface area contributed by atoms with Crippen molar-refractivity contribution in [1.29, 1.82) is 0 Å². The fourth-order valence-electron chi connectivity index (χ4n) is 0.573. The first kappa shape index (κ1) is 7.09. The average molecular weight is 155 g/mol. The van der Waals surface area contributed by atoms with Gasteiger partial charge in [-0.2, -0.15) is 0 Å². The minimum Gasteiger partial charge on any atom is -0.396 e. The molecule has 10 heavy (non-hydrogen) atoms. The van der Waals surface area contributed by atoms with E-state index in [1.54, 1.807) is 18.2 Å². The summed E-state index contributed by atoms with van der Waals surface area (Å²) < 4.78 is 0. The van der Waals surface area contributed by atoms with Crippen LogP contribution in [-0.4, -0.2) is 4.98 Å². The van der Waals surface area contributed by atoms with Crippen LogP contribution < -0.4 is 5.73 Å². The standard InChI is InChI=1S/C7H7ClN2/c1-2-5-3-4-6(9)7(8)10-5/h2-4H,1,9H2. The molecule has 52 valence electrons. The molecule has 0 saturated heterocycles. The number of rotatable bonds is 1. The van der Waals surface area contributed by atoms with Crippen molar-refractivity contribution in [2.45, 2.75) is 0 Å². The third kappa shape index (κ3) is 1.28. The first-order chi connectivity index (χ1) is 4.74. The molecule has 0 bridgehead atoms. The summed E-state index contributed by atoms with van der Waals surface area (Å²) in [6, 6.07) is 3.46. The van der Waals surface area contributed by atoms with Gasteiger partial charge in [-0.15, -0.1) is 0 Å². The van der Waals surface area contributed by atoms with Crippen molar-refractivity contribution in [3.8, 4) is 0 Å². The van der Waals surface area contributed by atoms with Crippen LogP contribution in [0.3, 0.4) is 0 Å². The molecule has 0 aliphatic rings. The highest BCUT2D eigenvalue weighted by molar-refractivity contribution is 6.31. The molecule has 0 unspecified atom stereocenters. The molecule has 0 radical (unpaired) electrons. The van der Waals surface area contributed by atoms with E-state index < -0.39 is 0 Å². The largest absolute Gasteiger partial charge is 0.396 e. The maximum absolute atomic E-state index is 5.61. The second kappa shape index (κ2) is 2.71. The van der Waals surface area contributed by atoms with Crippen LogP contribution in [0, 0.1) is 0 Å². The van der Waals surface area contributed by atoms with Crippen molar-refractivity contribution in [1.82, 2.24) is 4.98 Å². The predicted molar refractivity (Wildman–Crippen MR) is 43.8 cm³/mol. The Morgan fingerprint density at radius 2 is 2.30 bits per heavy atom. The minimum atomic E-state index is 0.331. The molecule has 1 aromatic rings. The summed E-state index contributed by atoms with van der Waals surface area (Å²) in [6.07, 6.45) is 1.62. The fraction of sp³-hybridized carbons (Fsp3) is 0. The lowest BCUT2D eigenvalue weighted by atomic mass is 10.3. The van der Waals surface area contributed by atoms with E-state index in [4.69, 9.17) is 17.3 Å². The number of halogens is 1. The molecular formula is C7H7ClN2. The maximum Gasteiger partial charge on any atom is 0.152 e. The molecule has 0 saturated carbocycles. The first-order valence-corrected chi connectivity index (χ1v) is 3.16. The van der Waals surface area contributed by atoms with E-state index in [9.17, 15) is 0 Å². The summed E-state index contributed by atoms with van der Waals surface area (Å²) in [5.74, 6) is 0. The Morgan fingerprint density at radius 3 is 2.80 bits per heavy atom. The van der Waals surface area contributed by atoms with Gasteiger partial charge >= 0.3 is 0 Å². The Morgan fingerprint density at radius 1 is 1.60 bits per heavy atom. The SMILES string of the molecule is C=Cc1ccc(N)c(Cl)n1. The number of hydrogen-bond acceptors (Lipinski definition) is 2. The number of hydrogen-bond donors (Lipinski definition) is 1. The van der Waals surface area contributed by atoms with Crippen molar-refractivity contribution in [2.75, 3.05) is 5.73 Å². The molecular weight excluding hydrogens is 148 g/mol. The Hall–Kier alpha value is -1.02. The van der Waals surface area contributed by atoms with E-state index in [2.05, 4.69) is 11.6 Å². The zero-order chi connectivity index (χ0) is 7.56. The van der Waals surface area contributed by atoms with Crippen LogP contribution in [0.15, 0.2) is 18.7 Å². The van der Waals surface area contributed by atoms with Gasteiger partial charge in [0.25, 0.3) is 0 Å². The molecule has 0 amide bonds. The Kier molecular flexibility index (Phi) is 1.92. The van der Waals surface area contributed by atoms with Crippen molar-refractivity contribution >= 4 is 23.4 Å². The van der Waals surface area contributed by atoms with Gasteiger partial charge in [-0.25, -0.2) is 4.98 Å². The molecule has 0 aliphatic heterocycles. The van der Waals surface area contributed by atoms with Gasteiger partial charge in [-0.1, -0.05) is 18.2 Å². The summed E-state index contributed by atoms with van der Waals surface area (Å²) in [6.45, 7) is 3.54. The number of anilines is 1. The molecule has 3 heteroatoms. The van der Waals surface area contributed by atoms with Gasteiger partial charge in [0.15, 0.2) is 5.15 Å². The van der Waals surface area contributed by atoms with Crippen LogP contribution in [0.1, 0.15) is 5.69 Å². The Labute approximate surface area is 64.3 Å². The zero-order valence-corrected chi connectivity index (χ0v) is 6.10. The molecule has 0 aromatic carbocycles. The van der Waals surface area contributed by atoms with Crippen LogP contribution in [0.25, 0.3) is 6.08 Å². The highest BCUT2D eigenvalue weighted by Gasteiger charge is 1.95. The van der Waals surface area contributed by atoms with Crippen LogP contribution in [0.4, 0.5) is 5.69 Å². The Bertz CT molecular complexity index is 258. The van der Waals surface area contributed by atoms with Crippen LogP contribution >= 0.6 is 11.6 Å². The van der Waals surface area contributed by atoms with Gasteiger partial charge in [-0.05, 0) is 18.2 Å². The van der Waals surface area contributed by atoms with Crippen molar-refractivity contribution in [3.63, 3.8) is 0 Å². The van der Waals surface area contributed by atoms with Crippen LogP contribution in [-0.2, 0) is 0 Å². The number of nitrogen functional groups attached to an aromatic ring is 1. The lowest BCUT2D eigenvalue weighted by Gasteiger charge is -1.96. The van der Waals surface area contributed by atoms with E-state index in [0.29, 0.717) is 10.8 Å². The second-order valence-corrected chi connectivity index (χ2v) is 2.18. The average Bonchev–Trinajstić information content (AvgIpc) is 1.95. The molecule has 2 N–H and O–H groups in total. The van der Waals surface area contributed by atoms with Gasteiger partial charge < -0.3 is 5.73 Å². The van der Waals surface area contributed by atoms with Gasteiger partial charge in [0.05, 0.1) is 11.4 Å². The number of pyridine rings is 1. The molecule has 1 rings (SSSR count). The summed E-state index contributed by atoms with van der Waals surface area (Å²) >= 11 is 5.61. The molecule has 0 aliphatic carbocycles. The van der Waals surface area contributed by atoms with E-state index >= 15 is 0 Å². The van der Waals surface area contributed by atoms with E-state index in [1.165, 1.54) is 0 Å². The van der Waals surface area contributed by atoms with Crippen LogP contribution in [0.2, 0.25) is 5.15 Å². The van der Waals surface area contributed by atoms with Gasteiger partial charge in [0.2, 0.25) is 0 Å². The molecule has 0 spiro atoms. The lowest BCUT2D eigenvalue weighted by Crippen LogP contribution is -1.89. The highest BCUT2D eigenvalue weighted by atomic mass is 35.5. The van der Waals surface area contributed by atoms with Crippen LogP contribution in [0.5, 0.6) is 0 Å². The van der Waals surface area contributed by atoms with E-state index in [0.717, 1.165) is 5.69 Å². The molecule has 2 nitrogen and oxygen atoms in total. The minimum absolute atomic E-state index is 0.331. The summed E-state index contributed by atoms with van der Waals surface area (Å²) in [5.41, 5.74) is 6.64. The number of nitrogens with two attached hydrogens (primary N) is 1. The van der Waals surface area contributed by atoms with Gasteiger partial charge in [0.1, 0.15) is 0 Å². The van der Waals surface area contributed by atoms with Crippen molar-refractivity contribution in [2.24, 2.45) is 0 Å². The molecule has 1 aromatic heterocycles. The number of nitrogens with zero attached hydrogens (tertiary/aromatic N) is 1. The monoisotopic (exact) mass is 154 g/mol. The smallest absolute Gasteiger partial charge is 0.152 e. The highest BCUT2D eigenvalue weighted by Crippen LogP contribution is 2.15. The van der Waals surface area contributed by atoms with Gasteiger partial charge in [0, 0.05) is 0 Å². The topological polar surface area (TPSA) is 38.9 Å². The summed E-state index contributed by atoms with van der Waals surface area (Å²) in [7, 11) is 0. The fourth-order valence-corrected chi connectivity index (χ4v) is 0.733. The molecule has 0 atom stereocenters. The molecule has 1 heterocycles. The third-order valence-corrected chi connectivity index (χ3v) is 1.41. The van der Waals surface area contributed by atoms with Crippen molar-refractivity contribution in [3.05, 3.63) is 29.6 Å². The van der Waals surface area contributed by atoms with E-state index in [-0.39, 0.29) is 0 Å². The second-order valence-electron chi connectivity index (χ2n) is 1.82.